The smallest absolute Gasteiger partial charge is 0.273 e. The van der Waals surface area contributed by atoms with Gasteiger partial charge in [-0.25, -0.2) is 8.42 Å². The Morgan fingerprint density at radius 3 is 2.26 bits per heavy atom. The molecule has 0 aromatic heterocycles. The zero-order valence-corrected chi connectivity index (χ0v) is 14.6. The molecule has 1 aromatic rings. The Labute approximate surface area is 141 Å². The third-order valence-electron chi connectivity index (χ3n) is 4.66. The molecule has 2 saturated heterocycles. The number of aryl methyl sites for hydroxylation is 2. The van der Waals surface area contributed by atoms with Gasteiger partial charge in [0, 0.05) is 24.7 Å². The normalized spacial score (nSPS) is 24.3. The van der Waals surface area contributed by atoms with Crippen molar-refractivity contribution in [2.24, 2.45) is 11.8 Å². The number of rotatable bonds is 3. The van der Waals surface area contributed by atoms with Crippen molar-refractivity contribution in [2.75, 3.05) is 26.2 Å². The lowest BCUT2D eigenvalue weighted by atomic mass is 10.0. The zero-order valence-electron chi connectivity index (χ0n) is 13.0. The van der Waals surface area contributed by atoms with Crippen LogP contribution in [0.3, 0.4) is 0 Å². The number of fused-ring (bicyclic) bond motifs is 1. The van der Waals surface area contributed by atoms with Gasteiger partial charge in [0.1, 0.15) is 0 Å². The molecular formula is C14H20ClN3O4S. The number of nitrogens with zero attached hydrogens (tertiary/aromatic N) is 2. The fourth-order valence-electron chi connectivity index (χ4n) is 3.44. The molecular weight excluding hydrogens is 342 g/mol. The van der Waals surface area contributed by atoms with Crippen molar-refractivity contribution >= 4 is 28.1 Å². The summed E-state index contributed by atoms with van der Waals surface area (Å²) in [5.74, 6) is 0.686. The number of nitrogens with one attached hydrogen (secondary N) is 1. The predicted octanol–water partition coefficient (Wildman–Crippen LogP) is 1.47. The maximum absolute atomic E-state index is 12.9. The van der Waals surface area contributed by atoms with Crippen molar-refractivity contribution in [1.82, 2.24) is 9.62 Å². The summed E-state index contributed by atoms with van der Waals surface area (Å²) in [5.41, 5.74) is 0.882. The molecule has 128 valence electrons. The SMILES string of the molecule is Cc1cc(C)c(S(=O)(=O)N2C[C@H]3CNC[C@H]3C2)cc1[N+](=O)[O-].Cl. The number of nitro groups is 1. The molecule has 0 aliphatic carbocycles. The van der Waals surface area contributed by atoms with Gasteiger partial charge in [0.2, 0.25) is 10.0 Å². The first-order valence-corrected chi connectivity index (χ1v) is 8.71. The predicted molar refractivity (Wildman–Crippen MR) is 88.4 cm³/mol. The van der Waals surface area contributed by atoms with Crippen LogP contribution in [-0.4, -0.2) is 43.8 Å². The van der Waals surface area contributed by atoms with Crippen LogP contribution in [-0.2, 0) is 10.0 Å². The fourth-order valence-corrected chi connectivity index (χ4v) is 5.22. The van der Waals surface area contributed by atoms with E-state index in [0.717, 1.165) is 13.1 Å². The van der Waals surface area contributed by atoms with Crippen LogP contribution in [0.4, 0.5) is 5.69 Å². The Kier molecular flexibility index (Phi) is 5.00. The summed E-state index contributed by atoms with van der Waals surface area (Å²) >= 11 is 0. The molecule has 1 N–H and O–H groups in total. The monoisotopic (exact) mass is 361 g/mol. The summed E-state index contributed by atoms with van der Waals surface area (Å²) in [6, 6.07) is 2.77. The van der Waals surface area contributed by atoms with Crippen LogP contribution >= 0.6 is 12.4 Å². The largest absolute Gasteiger partial charge is 0.316 e. The molecule has 2 aliphatic heterocycles. The lowest BCUT2D eigenvalue weighted by Gasteiger charge is -2.19. The van der Waals surface area contributed by atoms with E-state index >= 15 is 0 Å². The van der Waals surface area contributed by atoms with Crippen LogP contribution < -0.4 is 5.32 Å². The summed E-state index contributed by atoms with van der Waals surface area (Å²) in [4.78, 5) is 10.6. The van der Waals surface area contributed by atoms with Crippen molar-refractivity contribution < 1.29 is 13.3 Å². The Morgan fingerprint density at radius 2 is 1.74 bits per heavy atom. The van der Waals surface area contributed by atoms with Gasteiger partial charge in [-0.1, -0.05) is 0 Å². The molecule has 2 fully saturated rings. The number of benzene rings is 1. The molecule has 3 rings (SSSR count). The molecule has 9 heteroatoms. The Bertz CT molecular complexity index is 726. The topological polar surface area (TPSA) is 92.6 Å². The molecule has 0 spiro atoms. The van der Waals surface area contributed by atoms with Gasteiger partial charge in [-0.15, -0.1) is 12.4 Å². The van der Waals surface area contributed by atoms with E-state index in [2.05, 4.69) is 5.32 Å². The minimum atomic E-state index is -3.68. The molecule has 7 nitrogen and oxygen atoms in total. The van der Waals surface area contributed by atoms with Crippen LogP contribution in [0.1, 0.15) is 11.1 Å². The van der Waals surface area contributed by atoms with Gasteiger partial charge >= 0.3 is 0 Å². The molecule has 0 saturated carbocycles. The van der Waals surface area contributed by atoms with Crippen LogP contribution in [0, 0.1) is 35.8 Å². The highest BCUT2D eigenvalue weighted by Gasteiger charge is 2.42. The number of nitro benzene ring substituents is 1. The van der Waals surface area contributed by atoms with Gasteiger partial charge in [0.05, 0.1) is 9.82 Å². The third kappa shape index (κ3) is 3.08. The van der Waals surface area contributed by atoms with Crippen LogP contribution in [0.25, 0.3) is 0 Å². The van der Waals surface area contributed by atoms with Gasteiger partial charge in [0.25, 0.3) is 5.69 Å². The minimum Gasteiger partial charge on any atom is -0.316 e. The third-order valence-corrected chi connectivity index (χ3v) is 6.64. The standard InChI is InChI=1S/C14H19N3O4S.ClH/c1-9-3-10(2)14(4-13(9)17(18)19)22(20,21)16-7-11-5-15-6-12(11)8-16;/h3-4,11-12,15H,5-8H2,1-2H3;1H/t11-,12+;. The van der Waals surface area contributed by atoms with Gasteiger partial charge in [-0.05, 0) is 50.4 Å². The van der Waals surface area contributed by atoms with E-state index in [0.29, 0.717) is 36.1 Å². The molecule has 23 heavy (non-hydrogen) atoms. The molecule has 2 atom stereocenters. The first-order chi connectivity index (χ1) is 10.3. The Hall–Kier alpha value is -1.22. The quantitative estimate of drug-likeness (QED) is 0.650. The maximum Gasteiger partial charge on any atom is 0.273 e. The Morgan fingerprint density at radius 1 is 1.17 bits per heavy atom. The van der Waals surface area contributed by atoms with E-state index in [1.54, 1.807) is 19.9 Å². The summed E-state index contributed by atoms with van der Waals surface area (Å²) in [7, 11) is -3.68. The van der Waals surface area contributed by atoms with E-state index in [-0.39, 0.29) is 23.0 Å². The van der Waals surface area contributed by atoms with Crippen molar-refractivity contribution in [2.45, 2.75) is 18.7 Å². The fraction of sp³-hybridized carbons (Fsp3) is 0.571. The summed E-state index contributed by atoms with van der Waals surface area (Å²) in [6.45, 7) is 5.95. The number of hydrogen-bond donors (Lipinski definition) is 1. The highest BCUT2D eigenvalue weighted by atomic mass is 35.5. The molecule has 2 aliphatic rings. The first-order valence-electron chi connectivity index (χ1n) is 7.27. The van der Waals surface area contributed by atoms with Crippen molar-refractivity contribution in [3.8, 4) is 0 Å². The van der Waals surface area contributed by atoms with E-state index in [9.17, 15) is 18.5 Å². The summed E-state index contributed by atoms with van der Waals surface area (Å²) in [6.07, 6.45) is 0. The molecule has 0 unspecified atom stereocenters. The average Bonchev–Trinajstić information content (AvgIpc) is 2.98. The average molecular weight is 362 g/mol. The molecule has 0 bridgehead atoms. The van der Waals surface area contributed by atoms with Gasteiger partial charge in [0.15, 0.2) is 0 Å². The van der Waals surface area contributed by atoms with Crippen molar-refractivity contribution in [3.63, 3.8) is 0 Å². The highest BCUT2D eigenvalue weighted by Crippen LogP contribution is 2.33. The zero-order chi connectivity index (χ0) is 16.1. The van der Waals surface area contributed by atoms with E-state index < -0.39 is 14.9 Å². The summed E-state index contributed by atoms with van der Waals surface area (Å²) < 4.78 is 27.2. The second-order valence-corrected chi connectivity index (χ2v) is 8.07. The van der Waals surface area contributed by atoms with E-state index in [4.69, 9.17) is 0 Å². The van der Waals surface area contributed by atoms with Gasteiger partial charge in [-0.3, -0.25) is 10.1 Å². The lowest BCUT2D eigenvalue weighted by Crippen LogP contribution is -2.32. The van der Waals surface area contributed by atoms with Crippen molar-refractivity contribution in [1.29, 1.82) is 0 Å². The molecule has 1 aromatic carbocycles. The second-order valence-electron chi connectivity index (χ2n) is 6.16. The molecule has 0 amide bonds. The number of hydrogen-bond acceptors (Lipinski definition) is 5. The van der Waals surface area contributed by atoms with Crippen LogP contribution in [0.5, 0.6) is 0 Å². The van der Waals surface area contributed by atoms with E-state index in [1.165, 1.54) is 10.4 Å². The first kappa shape index (κ1) is 18.1. The van der Waals surface area contributed by atoms with Gasteiger partial charge < -0.3 is 5.32 Å². The number of halogens is 1. The van der Waals surface area contributed by atoms with Gasteiger partial charge in [-0.2, -0.15) is 4.31 Å². The lowest BCUT2D eigenvalue weighted by molar-refractivity contribution is -0.385. The van der Waals surface area contributed by atoms with Crippen molar-refractivity contribution in [3.05, 3.63) is 33.4 Å². The Balaban J connectivity index is 0.00000192. The number of sulfonamides is 1. The second kappa shape index (κ2) is 6.35. The van der Waals surface area contributed by atoms with E-state index in [1.807, 2.05) is 0 Å². The van der Waals surface area contributed by atoms with Crippen LogP contribution in [0.2, 0.25) is 0 Å². The molecule has 0 radical (unpaired) electrons. The molecule has 2 heterocycles. The van der Waals surface area contributed by atoms with Crippen LogP contribution in [0.15, 0.2) is 17.0 Å². The highest BCUT2D eigenvalue weighted by molar-refractivity contribution is 7.89. The summed E-state index contributed by atoms with van der Waals surface area (Å²) in [5, 5.41) is 14.4. The minimum absolute atomic E-state index is 0. The maximum atomic E-state index is 12.9.